The largest absolute Gasteiger partial charge is 0.489 e. The van der Waals surface area contributed by atoms with E-state index < -0.39 is 5.63 Å². The fourth-order valence-electron chi connectivity index (χ4n) is 4.45. The van der Waals surface area contributed by atoms with Gasteiger partial charge in [0.15, 0.2) is 11.4 Å². The Hall–Kier alpha value is -2.30. The van der Waals surface area contributed by atoms with Crippen LogP contribution in [0, 0.1) is 0 Å². The number of hydrogen-bond donors (Lipinski definition) is 0. The van der Waals surface area contributed by atoms with Crippen LogP contribution in [0.15, 0.2) is 15.3 Å². The average molecular weight is 384 g/mol. The summed E-state index contributed by atoms with van der Waals surface area (Å²) in [6.07, 6.45) is 6.86. The first-order chi connectivity index (χ1) is 13.5. The molecule has 28 heavy (non-hydrogen) atoms. The van der Waals surface area contributed by atoms with Crippen molar-refractivity contribution in [2.24, 2.45) is 0 Å². The molecule has 0 N–H and O–H groups in total. The van der Waals surface area contributed by atoms with Gasteiger partial charge in [0.1, 0.15) is 23.2 Å². The number of ether oxygens (including phenoxy) is 2. The van der Waals surface area contributed by atoms with E-state index in [0.717, 1.165) is 67.2 Å². The van der Waals surface area contributed by atoms with E-state index in [9.17, 15) is 9.59 Å². The van der Waals surface area contributed by atoms with Crippen molar-refractivity contribution in [1.29, 1.82) is 0 Å². The summed E-state index contributed by atoms with van der Waals surface area (Å²) in [5.74, 6) is 1.30. The molecule has 2 aromatic rings. The minimum Gasteiger partial charge on any atom is -0.489 e. The highest BCUT2D eigenvalue weighted by molar-refractivity contribution is 6.12. The van der Waals surface area contributed by atoms with E-state index in [1.165, 1.54) is 0 Å². The van der Waals surface area contributed by atoms with Gasteiger partial charge in [-0.15, -0.1) is 0 Å². The normalized spacial score (nSPS) is 21.0. The minimum absolute atomic E-state index is 0.0218. The van der Waals surface area contributed by atoms with Crippen molar-refractivity contribution < 1.29 is 18.7 Å². The first kappa shape index (κ1) is 19.0. The van der Waals surface area contributed by atoms with Gasteiger partial charge in [-0.25, -0.2) is 4.79 Å². The molecular weight excluding hydrogens is 356 g/mol. The number of rotatable bonds is 5. The van der Waals surface area contributed by atoms with Crippen LogP contribution in [0.5, 0.6) is 11.5 Å². The lowest BCUT2D eigenvalue weighted by Crippen LogP contribution is -2.29. The van der Waals surface area contributed by atoms with E-state index in [0.29, 0.717) is 23.3 Å². The Kier molecular flexibility index (Phi) is 5.17. The van der Waals surface area contributed by atoms with Crippen LogP contribution in [0.1, 0.15) is 80.8 Å². The van der Waals surface area contributed by atoms with Crippen molar-refractivity contribution in [1.82, 2.24) is 0 Å². The second-order valence-electron chi connectivity index (χ2n) is 8.03. The van der Waals surface area contributed by atoms with Crippen LogP contribution in [0.3, 0.4) is 0 Å². The van der Waals surface area contributed by atoms with E-state index in [2.05, 4.69) is 13.8 Å². The molecule has 2 unspecified atom stereocenters. The van der Waals surface area contributed by atoms with Crippen molar-refractivity contribution in [3.05, 3.63) is 33.2 Å². The molecule has 2 atom stereocenters. The molecule has 1 aromatic heterocycles. The molecule has 0 fully saturated rings. The SMILES string of the molecule is CCCCC1CCc2c3c(c4oc(=O)cc(CCC)c4c2O1)C(=O)CC(C)O3. The van der Waals surface area contributed by atoms with E-state index in [1.807, 2.05) is 6.92 Å². The maximum atomic E-state index is 12.9. The third-order valence-electron chi connectivity index (χ3n) is 5.74. The van der Waals surface area contributed by atoms with Gasteiger partial charge in [0.25, 0.3) is 0 Å². The monoisotopic (exact) mass is 384 g/mol. The third kappa shape index (κ3) is 3.21. The quantitative estimate of drug-likeness (QED) is 0.680. The number of hydrogen-bond acceptors (Lipinski definition) is 5. The number of benzene rings is 1. The summed E-state index contributed by atoms with van der Waals surface area (Å²) < 4.78 is 18.2. The number of Topliss-reactive ketones (excluding diaryl/α,β-unsaturated/α-hetero) is 1. The Labute approximate surface area is 165 Å². The fraction of sp³-hybridized carbons (Fsp3) is 0.565. The number of ketones is 1. The highest BCUT2D eigenvalue weighted by atomic mass is 16.5. The molecule has 2 aliphatic heterocycles. The maximum Gasteiger partial charge on any atom is 0.336 e. The number of aryl methyl sites for hydroxylation is 1. The molecule has 0 radical (unpaired) electrons. The summed E-state index contributed by atoms with van der Waals surface area (Å²) in [6.45, 7) is 6.15. The molecule has 0 spiro atoms. The topological polar surface area (TPSA) is 65.7 Å². The molecule has 0 saturated carbocycles. The van der Waals surface area contributed by atoms with Crippen LogP contribution in [0.25, 0.3) is 11.0 Å². The predicted molar refractivity (Wildman–Crippen MR) is 108 cm³/mol. The smallest absolute Gasteiger partial charge is 0.336 e. The van der Waals surface area contributed by atoms with Crippen LogP contribution < -0.4 is 15.1 Å². The summed E-state index contributed by atoms with van der Waals surface area (Å²) in [6, 6.07) is 1.55. The highest BCUT2D eigenvalue weighted by Gasteiger charge is 2.36. The molecule has 0 saturated heterocycles. The van der Waals surface area contributed by atoms with Crippen molar-refractivity contribution in [3.63, 3.8) is 0 Å². The van der Waals surface area contributed by atoms with Gasteiger partial charge in [-0.3, -0.25) is 4.79 Å². The van der Waals surface area contributed by atoms with Gasteiger partial charge in [0, 0.05) is 18.1 Å². The predicted octanol–water partition coefficient (Wildman–Crippen LogP) is 4.98. The zero-order valence-electron chi connectivity index (χ0n) is 16.9. The molecule has 5 nitrogen and oxygen atoms in total. The van der Waals surface area contributed by atoms with Gasteiger partial charge in [-0.2, -0.15) is 0 Å². The first-order valence-electron chi connectivity index (χ1n) is 10.6. The zero-order chi connectivity index (χ0) is 19.8. The van der Waals surface area contributed by atoms with Gasteiger partial charge in [0.2, 0.25) is 0 Å². The molecular formula is C23H28O5. The summed E-state index contributed by atoms with van der Waals surface area (Å²) >= 11 is 0. The van der Waals surface area contributed by atoms with Crippen molar-refractivity contribution >= 4 is 16.8 Å². The second kappa shape index (κ2) is 7.61. The maximum absolute atomic E-state index is 12.9. The van der Waals surface area contributed by atoms with E-state index in [-0.39, 0.29) is 18.0 Å². The van der Waals surface area contributed by atoms with Crippen LogP contribution in [-0.2, 0) is 12.8 Å². The Morgan fingerprint density at radius 1 is 1.11 bits per heavy atom. The highest BCUT2D eigenvalue weighted by Crippen LogP contribution is 2.48. The van der Waals surface area contributed by atoms with E-state index in [4.69, 9.17) is 13.9 Å². The summed E-state index contributed by atoms with van der Waals surface area (Å²) in [5, 5.41) is 0.794. The molecule has 0 bridgehead atoms. The van der Waals surface area contributed by atoms with Crippen LogP contribution >= 0.6 is 0 Å². The molecule has 0 amide bonds. The minimum atomic E-state index is -0.428. The first-order valence-corrected chi connectivity index (χ1v) is 10.6. The summed E-state index contributed by atoms with van der Waals surface area (Å²) in [5.41, 5.74) is 2.20. The lowest BCUT2D eigenvalue weighted by atomic mass is 9.88. The third-order valence-corrected chi connectivity index (χ3v) is 5.74. The number of unbranched alkanes of at least 4 members (excludes halogenated alkanes) is 1. The van der Waals surface area contributed by atoms with Gasteiger partial charge in [-0.05, 0) is 38.2 Å². The van der Waals surface area contributed by atoms with Crippen LogP contribution in [0.2, 0.25) is 0 Å². The summed E-state index contributed by atoms with van der Waals surface area (Å²) in [7, 11) is 0. The molecule has 0 aliphatic carbocycles. The Morgan fingerprint density at radius 2 is 1.93 bits per heavy atom. The standard InChI is InChI=1S/C23H28O5/c1-4-6-8-15-9-10-16-21(27-15)19-14(7-5-2)12-18(25)28-23(19)20-17(24)11-13(3)26-22(16)20/h12-13,15H,4-11H2,1-3H3. The Balaban J connectivity index is 2.00. The van der Waals surface area contributed by atoms with Gasteiger partial charge in [-0.1, -0.05) is 33.1 Å². The molecule has 4 rings (SSSR count). The Morgan fingerprint density at radius 3 is 2.68 bits per heavy atom. The zero-order valence-corrected chi connectivity index (χ0v) is 16.9. The average Bonchev–Trinajstić information content (AvgIpc) is 2.65. The van der Waals surface area contributed by atoms with Crippen LogP contribution in [-0.4, -0.2) is 18.0 Å². The molecule has 3 heterocycles. The lowest BCUT2D eigenvalue weighted by molar-refractivity contribution is 0.0865. The van der Waals surface area contributed by atoms with Crippen molar-refractivity contribution in [2.45, 2.75) is 84.3 Å². The van der Waals surface area contributed by atoms with Crippen molar-refractivity contribution in [3.8, 4) is 11.5 Å². The number of fused-ring (bicyclic) bond motifs is 6. The second-order valence-corrected chi connectivity index (χ2v) is 8.03. The van der Waals surface area contributed by atoms with E-state index >= 15 is 0 Å². The van der Waals surface area contributed by atoms with Gasteiger partial charge in [0.05, 0.1) is 11.5 Å². The number of carbonyl (C=O) groups excluding carboxylic acids is 1. The molecule has 1 aromatic carbocycles. The molecule has 150 valence electrons. The summed E-state index contributed by atoms with van der Waals surface area (Å²) in [4.78, 5) is 25.1. The van der Waals surface area contributed by atoms with Gasteiger partial charge >= 0.3 is 5.63 Å². The van der Waals surface area contributed by atoms with Crippen LogP contribution in [0.4, 0.5) is 0 Å². The fourth-order valence-corrected chi connectivity index (χ4v) is 4.45. The molecule has 5 heteroatoms. The lowest BCUT2D eigenvalue weighted by Gasteiger charge is -2.32. The molecule has 2 aliphatic rings. The number of carbonyl (C=O) groups is 1. The van der Waals surface area contributed by atoms with Gasteiger partial charge < -0.3 is 13.9 Å². The van der Waals surface area contributed by atoms with E-state index in [1.54, 1.807) is 6.07 Å². The van der Waals surface area contributed by atoms with Crippen molar-refractivity contribution in [2.75, 3.05) is 0 Å². The Bertz CT molecular complexity index is 971.